The molecule has 1 spiro atoms. The molecule has 3 rings (SSSR count). The van der Waals surface area contributed by atoms with E-state index < -0.39 is 0 Å². The van der Waals surface area contributed by atoms with Crippen molar-refractivity contribution in [1.82, 2.24) is 0 Å². The van der Waals surface area contributed by atoms with Gasteiger partial charge in [-0.2, -0.15) is 0 Å². The molecule has 0 unspecified atom stereocenters. The lowest BCUT2D eigenvalue weighted by Gasteiger charge is -2.29. The van der Waals surface area contributed by atoms with Crippen molar-refractivity contribution in [2.45, 2.75) is 69.2 Å². The Bertz CT molecular complexity index is 301. The Balaban J connectivity index is 1.89. The first kappa shape index (κ1) is 9.64. The highest BCUT2D eigenvalue weighted by molar-refractivity contribution is 5.70. The van der Waals surface area contributed by atoms with Gasteiger partial charge in [-0.3, -0.25) is 4.79 Å². The molecule has 0 amide bonds. The fourth-order valence-corrected chi connectivity index (χ4v) is 3.50. The summed E-state index contributed by atoms with van der Waals surface area (Å²) in [5, 5.41) is 0. The average Bonchev–Trinajstić information content (AvgIpc) is 2.67. The summed E-state index contributed by atoms with van der Waals surface area (Å²) in [4.78, 5) is 11.4. The van der Waals surface area contributed by atoms with Crippen LogP contribution in [-0.2, 0) is 14.3 Å². The third-order valence-electron chi connectivity index (χ3n) is 4.47. The van der Waals surface area contributed by atoms with Crippen LogP contribution in [0.5, 0.6) is 0 Å². The van der Waals surface area contributed by atoms with Crippen LogP contribution in [0.3, 0.4) is 0 Å². The first-order valence-electron chi connectivity index (χ1n) is 6.08. The van der Waals surface area contributed by atoms with Gasteiger partial charge in [0.25, 0.3) is 0 Å². The van der Waals surface area contributed by atoms with Gasteiger partial charge in [0, 0.05) is 12.8 Å². The first-order chi connectivity index (χ1) is 7.18. The quantitative estimate of drug-likeness (QED) is 0.622. The summed E-state index contributed by atoms with van der Waals surface area (Å²) in [6.45, 7) is 2.17. The Morgan fingerprint density at radius 3 is 3.07 bits per heavy atom. The maximum absolute atomic E-state index is 11.4. The number of rotatable bonds is 1. The van der Waals surface area contributed by atoms with Crippen LogP contribution in [0.4, 0.5) is 0 Å². The minimum atomic E-state index is -0.109. The van der Waals surface area contributed by atoms with Crippen molar-refractivity contribution in [3.05, 3.63) is 0 Å². The molecule has 15 heavy (non-hydrogen) atoms. The van der Waals surface area contributed by atoms with Crippen molar-refractivity contribution in [3.8, 4) is 0 Å². The van der Waals surface area contributed by atoms with Crippen LogP contribution in [0.2, 0.25) is 0 Å². The summed E-state index contributed by atoms with van der Waals surface area (Å²) in [6, 6.07) is 0. The predicted octanol–water partition coefficient (Wildman–Crippen LogP) is 2.18. The average molecular weight is 210 g/mol. The monoisotopic (exact) mass is 210 g/mol. The zero-order valence-electron chi connectivity index (χ0n) is 9.25. The zero-order valence-corrected chi connectivity index (χ0v) is 9.25. The number of hydrogen-bond donors (Lipinski definition) is 0. The Morgan fingerprint density at radius 2 is 2.27 bits per heavy atom. The van der Waals surface area contributed by atoms with E-state index in [0.29, 0.717) is 6.42 Å². The lowest BCUT2D eigenvalue weighted by Crippen LogP contribution is -2.39. The second-order valence-corrected chi connectivity index (χ2v) is 5.24. The highest BCUT2D eigenvalue weighted by Gasteiger charge is 2.62. The SMILES string of the molecule is CC[C@]12CC[C@]3(CCCC(=O)O[C@H]3C1)O2. The van der Waals surface area contributed by atoms with E-state index in [4.69, 9.17) is 9.47 Å². The zero-order chi connectivity index (χ0) is 10.5. The molecule has 0 aliphatic carbocycles. The van der Waals surface area contributed by atoms with Crippen molar-refractivity contribution in [2.24, 2.45) is 0 Å². The molecule has 3 fully saturated rings. The maximum Gasteiger partial charge on any atom is 0.306 e. The van der Waals surface area contributed by atoms with Gasteiger partial charge < -0.3 is 9.47 Å². The van der Waals surface area contributed by atoms with Gasteiger partial charge in [-0.25, -0.2) is 0 Å². The molecule has 2 bridgehead atoms. The van der Waals surface area contributed by atoms with Gasteiger partial charge in [-0.1, -0.05) is 6.92 Å². The van der Waals surface area contributed by atoms with E-state index in [9.17, 15) is 4.79 Å². The second-order valence-electron chi connectivity index (χ2n) is 5.24. The van der Waals surface area contributed by atoms with Crippen molar-refractivity contribution >= 4 is 5.97 Å². The van der Waals surface area contributed by atoms with E-state index >= 15 is 0 Å². The van der Waals surface area contributed by atoms with Crippen LogP contribution in [0.25, 0.3) is 0 Å². The molecule has 0 aromatic carbocycles. The molecule has 3 saturated heterocycles. The van der Waals surface area contributed by atoms with Crippen LogP contribution >= 0.6 is 0 Å². The van der Waals surface area contributed by atoms with Gasteiger partial charge in [-0.05, 0) is 32.1 Å². The highest BCUT2D eigenvalue weighted by atomic mass is 16.6. The number of hydrogen-bond acceptors (Lipinski definition) is 3. The fraction of sp³-hybridized carbons (Fsp3) is 0.917. The minimum absolute atomic E-state index is 0.0284. The van der Waals surface area contributed by atoms with E-state index in [0.717, 1.165) is 38.5 Å². The standard InChI is InChI=1S/C12H18O3/c1-2-11-6-7-12(15-11)5-3-4-10(13)14-9(12)8-11/h9H,2-8H2,1H3/t9-,11-,12-/m0/s1. The summed E-state index contributed by atoms with van der Waals surface area (Å²) in [7, 11) is 0. The van der Waals surface area contributed by atoms with Crippen molar-refractivity contribution in [3.63, 3.8) is 0 Å². The molecule has 3 heteroatoms. The summed E-state index contributed by atoms with van der Waals surface area (Å²) >= 11 is 0. The number of esters is 1. The largest absolute Gasteiger partial charge is 0.459 e. The Hall–Kier alpha value is -0.570. The van der Waals surface area contributed by atoms with Crippen LogP contribution in [0, 0.1) is 0 Å². The Labute approximate surface area is 90.1 Å². The molecule has 0 N–H and O–H groups in total. The summed E-state index contributed by atoms with van der Waals surface area (Å²) < 4.78 is 11.8. The molecule has 0 saturated carbocycles. The van der Waals surface area contributed by atoms with E-state index in [2.05, 4.69) is 6.92 Å². The van der Waals surface area contributed by atoms with Gasteiger partial charge in [0.1, 0.15) is 11.7 Å². The summed E-state index contributed by atoms with van der Waals surface area (Å²) in [5.41, 5.74) is -0.0789. The van der Waals surface area contributed by atoms with E-state index in [1.54, 1.807) is 0 Å². The Morgan fingerprint density at radius 1 is 1.40 bits per heavy atom. The number of carbonyl (C=O) groups excluding carboxylic acids is 1. The minimum Gasteiger partial charge on any atom is -0.459 e. The number of fused-ring (bicyclic) bond motifs is 1. The molecule has 3 heterocycles. The third kappa shape index (κ3) is 1.25. The molecule has 3 atom stereocenters. The van der Waals surface area contributed by atoms with E-state index in [1.807, 2.05) is 0 Å². The molecule has 0 aromatic rings. The topological polar surface area (TPSA) is 35.5 Å². The number of carbonyl (C=O) groups is 1. The van der Waals surface area contributed by atoms with Crippen LogP contribution in [-0.4, -0.2) is 23.3 Å². The van der Waals surface area contributed by atoms with E-state index in [1.165, 1.54) is 0 Å². The molecule has 0 radical (unpaired) electrons. The van der Waals surface area contributed by atoms with Crippen LogP contribution in [0.1, 0.15) is 51.9 Å². The smallest absolute Gasteiger partial charge is 0.306 e. The maximum atomic E-state index is 11.4. The predicted molar refractivity (Wildman–Crippen MR) is 54.4 cm³/mol. The lowest BCUT2D eigenvalue weighted by molar-refractivity contribution is -0.154. The van der Waals surface area contributed by atoms with Gasteiger partial charge in [0.15, 0.2) is 0 Å². The van der Waals surface area contributed by atoms with Crippen molar-refractivity contribution < 1.29 is 14.3 Å². The summed E-state index contributed by atoms with van der Waals surface area (Å²) in [5.74, 6) is -0.0284. The molecule has 3 aliphatic heterocycles. The molecule has 84 valence electrons. The van der Waals surface area contributed by atoms with Gasteiger partial charge in [-0.15, -0.1) is 0 Å². The second kappa shape index (κ2) is 2.97. The van der Waals surface area contributed by atoms with Crippen LogP contribution < -0.4 is 0 Å². The summed E-state index contributed by atoms with van der Waals surface area (Å²) in [6.07, 6.45) is 6.75. The molecule has 3 aliphatic rings. The van der Waals surface area contributed by atoms with Crippen LogP contribution in [0.15, 0.2) is 0 Å². The van der Waals surface area contributed by atoms with E-state index in [-0.39, 0.29) is 23.3 Å². The van der Waals surface area contributed by atoms with Gasteiger partial charge in [0.2, 0.25) is 0 Å². The highest BCUT2D eigenvalue weighted by Crippen LogP contribution is 2.56. The first-order valence-corrected chi connectivity index (χ1v) is 6.08. The number of ether oxygens (including phenoxy) is 2. The van der Waals surface area contributed by atoms with Crippen molar-refractivity contribution in [1.29, 1.82) is 0 Å². The lowest BCUT2D eigenvalue weighted by atomic mass is 9.77. The van der Waals surface area contributed by atoms with Crippen molar-refractivity contribution in [2.75, 3.05) is 0 Å². The fourth-order valence-electron chi connectivity index (χ4n) is 3.50. The Kier molecular flexibility index (Phi) is 1.91. The molecule has 0 aromatic heterocycles. The normalized spacial score (nSPS) is 48.6. The third-order valence-corrected chi connectivity index (χ3v) is 4.47. The van der Waals surface area contributed by atoms with Gasteiger partial charge >= 0.3 is 5.97 Å². The molecular formula is C12H18O3. The van der Waals surface area contributed by atoms with Gasteiger partial charge in [0.05, 0.1) is 5.60 Å². The molecular weight excluding hydrogens is 192 g/mol. The molecule has 3 nitrogen and oxygen atoms in total.